The Labute approximate surface area is 93.7 Å². The number of hydrogen-bond donors (Lipinski definition) is 0. The van der Waals surface area contributed by atoms with E-state index in [-0.39, 0.29) is 0 Å². The Balaban J connectivity index is 1.88. The zero-order valence-electron chi connectivity index (χ0n) is 9.78. The Morgan fingerprint density at radius 1 is 1.00 bits per heavy atom. The molecule has 0 saturated heterocycles. The number of hydrogen-bond acceptors (Lipinski definition) is 0. The minimum Gasteiger partial charge on any atom is -0.0654 e. The highest BCUT2D eigenvalue weighted by atomic mass is 14.3. The Kier molecular flexibility index (Phi) is 3.82. The molecule has 0 amide bonds. The quantitative estimate of drug-likeness (QED) is 0.663. The maximum atomic E-state index is 2.31. The van der Waals surface area contributed by atoms with E-state index in [9.17, 15) is 0 Å². The van der Waals surface area contributed by atoms with E-state index in [4.69, 9.17) is 0 Å². The van der Waals surface area contributed by atoms with Crippen LogP contribution in [-0.2, 0) is 0 Å². The maximum Gasteiger partial charge on any atom is -0.0162 e. The van der Waals surface area contributed by atoms with Gasteiger partial charge in [-0.2, -0.15) is 0 Å². The second-order valence-electron chi connectivity index (χ2n) is 4.92. The van der Waals surface area contributed by atoms with Crippen LogP contribution in [0.1, 0.15) is 56.9 Å². The molecule has 0 heterocycles. The molecule has 0 aliphatic heterocycles. The monoisotopic (exact) mass is 202 g/mol. The molecule has 1 aromatic carbocycles. The molecule has 0 bridgehead atoms. The highest BCUT2D eigenvalue weighted by Gasteiger charge is 2.21. The molecule has 0 heteroatoms. The average Bonchev–Trinajstić information content (AvgIpc) is 2.32. The molecule has 0 N–H and O–H groups in total. The van der Waals surface area contributed by atoms with Crippen LogP contribution in [-0.4, -0.2) is 0 Å². The SMILES string of the molecule is CCCC1CCC(c2ccccc2)CC1. The summed E-state index contributed by atoms with van der Waals surface area (Å²) in [7, 11) is 0. The first kappa shape index (κ1) is 10.7. The normalized spacial score (nSPS) is 26.5. The van der Waals surface area contributed by atoms with Gasteiger partial charge in [0.1, 0.15) is 0 Å². The molecule has 1 aliphatic carbocycles. The summed E-state index contributed by atoms with van der Waals surface area (Å²) >= 11 is 0. The summed E-state index contributed by atoms with van der Waals surface area (Å²) in [6, 6.07) is 11.1. The Bertz CT molecular complexity index is 267. The van der Waals surface area contributed by atoms with Crippen LogP contribution in [0, 0.1) is 5.92 Å². The average molecular weight is 202 g/mol. The van der Waals surface area contributed by atoms with Crippen molar-refractivity contribution in [3.63, 3.8) is 0 Å². The smallest absolute Gasteiger partial charge is 0.0162 e. The Hall–Kier alpha value is -0.780. The van der Waals surface area contributed by atoms with Gasteiger partial charge in [0.15, 0.2) is 0 Å². The highest BCUT2D eigenvalue weighted by molar-refractivity contribution is 5.19. The number of benzene rings is 1. The first-order valence-electron chi connectivity index (χ1n) is 6.45. The third-order valence-electron chi connectivity index (χ3n) is 3.81. The predicted octanol–water partition coefficient (Wildman–Crippen LogP) is 4.76. The van der Waals surface area contributed by atoms with E-state index >= 15 is 0 Å². The van der Waals surface area contributed by atoms with Crippen molar-refractivity contribution < 1.29 is 0 Å². The summed E-state index contributed by atoms with van der Waals surface area (Å²) in [5.41, 5.74) is 1.56. The molecule has 0 radical (unpaired) electrons. The Morgan fingerprint density at radius 3 is 2.27 bits per heavy atom. The fraction of sp³-hybridized carbons (Fsp3) is 0.600. The molecular weight excluding hydrogens is 180 g/mol. The topological polar surface area (TPSA) is 0 Å². The lowest BCUT2D eigenvalue weighted by Crippen LogP contribution is -2.13. The molecule has 15 heavy (non-hydrogen) atoms. The van der Waals surface area contributed by atoms with Crippen LogP contribution in [0.5, 0.6) is 0 Å². The van der Waals surface area contributed by atoms with Crippen molar-refractivity contribution in [3.8, 4) is 0 Å². The summed E-state index contributed by atoms with van der Waals surface area (Å²) in [5.74, 6) is 1.87. The van der Waals surface area contributed by atoms with Crippen molar-refractivity contribution in [2.45, 2.75) is 51.4 Å². The summed E-state index contributed by atoms with van der Waals surface area (Å²) in [5, 5.41) is 0. The highest BCUT2D eigenvalue weighted by Crippen LogP contribution is 2.37. The standard InChI is InChI=1S/C15H22/c1-2-6-13-9-11-15(12-10-13)14-7-4-3-5-8-14/h3-5,7-8,13,15H,2,6,9-12H2,1H3. The third-order valence-corrected chi connectivity index (χ3v) is 3.81. The summed E-state index contributed by atoms with van der Waals surface area (Å²) < 4.78 is 0. The Morgan fingerprint density at radius 2 is 1.67 bits per heavy atom. The van der Waals surface area contributed by atoms with Gasteiger partial charge in [-0.05, 0) is 43.1 Å². The third kappa shape index (κ3) is 2.84. The fourth-order valence-corrected chi connectivity index (χ4v) is 2.92. The van der Waals surface area contributed by atoms with Crippen LogP contribution >= 0.6 is 0 Å². The van der Waals surface area contributed by atoms with Gasteiger partial charge in [0.05, 0.1) is 0 Å². The van der Waals surface area contributed by atoms with E-state index in [0.717, 1.165) is 11.8 Å². The van der Waals surface area contributed by atoms with Crippen molar-refractivity contribution in [3.05, 3.63) is 35.9 Å². The minimum atomic E-state index is 0.847. The van der Waals surface area contributed by atoms with E-state index in [1.165, 1.54) is 38.5 Å². The van der Waals surface area contributed by atoms with Gasteiger partial charge in [0.2, 0.25) is 0 Å². The molecular formula is C15H22. The van der Waals surface area contributed by atoms with Gasteiger partial charge in [-0.15, -0.1) is 0 Å². The molecule has 1 aromatic rings. The van der Waals surface area contributed by atoms with E-state index in [2.05, 4.69) is 37.3 Å². The second kappa shape index (κ2) is 5.34. The van der Waals surface area contributed by atoms with Gasteiger partial charge in [-0.1, -0.05) is 50.1 Å². The van der Waals surface area contributed by atoms with Gasteiger partial charge >= 0.3 is 0 Å². The number of rotatable bonds is 3. The maximum absolute atomic E-state index is 2.31. The first-order chi connectivity index (χ1) is 7.40. The zero-order chi connectivity index (χ0) is 10.5. The van der Waals surface area contributed by atoms with Crippen LogP contribution < -0.4 is 0 Å². The van der Waals surface area contributed by atoms with Crippen LogP contribution in [0.15, 0.2) is 30.3 Å². The molecule has 82 valence electrons. The lowest BCUT2D eigenvalue weighted by molar-refractivity contribution is 0.308. The van der Waals surface area contributed by atoms with Gasteiger partial charge in [0, 0.05) is 0 Å². The van der Waals surface area contributed by atoms with Crippen LogP contribution in [0.25, 0.3) is 0 Å². The van der Waals surface area contributed by atoms with Crippen molar-refractivity contribution >= 4 is 0 Å². The zero-order valence-corrected chi connectivity index (χ0v) is 9.78. The van der Waals surface area contributed by atoms with Crippen molar-refractivity contribution in [2.24, 2.45) is 5.92 Å². The lowest BCUT2D eigenvalue weighted by Gasteiger charge is -2.28. The summed E-state index contributed by atoms with van der Waals surface area (Å²) in [6.45, 7) is 2.31. The molecule has 1 fully saturated rings. The minimum absolute atomic E-state index is 0.847. The lowest BCUT2D eigenvalue weighted by atomic mass is 9.77. The van der Waals surface area contributed by atoms with E-state index in [0.29, 0.717) is 0 Å². The largest absolute Gasteiger partial charge is 0.0654 e. The predicted molar refractivity (Wildman–Crippen MR) is 66.0 cm³/mol. The van der Waals surface area contributed by atoms with Crippen LogP contribution in [0.4, 0.5) is 0 Å². The van der Waals surface area contributed by atoms with Crippen molar-refractivity contribution in [2.75, 3.05) is 0 Å². The molecule has 0 atom stereocenters. The summed E-state index contributed by atoms with van der Waals surface area (Å²) in [6.07, 6.45) is 8.53. The van der Waals surface area contributed by atoms with Crippen LogP contribution in [0.3, 0.4) is 0 Å². The van der Waals surface area contributed by atoms with Crippen molar-refractivity contribution in [1.82, 2.24) is 0 Å². The summed E-state index contributed by atoms with van der Waals surface area (Å²) in [4.78, 5) is 0. The molecule has 0 aromatic heterocycles. The molecule has 2 rings (SSSR count). The molecule has 0 spiro atoms. The second-order valence-corrected chi connectivity index (χ2v) is 4.92. The van der Waals surface area contributed by atoms with E-state index in [1.807, 2.05) is 0 Å². The molecule has 0 nitrogen and oxygen atoms in total. The fourth-order valence-electron chi connectivity index (χ4n) is 2.92. The van der Waals surface area contributed by atoms with Crippen molar-refractivity contribution in [1.29, 1.82) is 0 Å². The van der Waals surface area contributed by atoms with Gasteiger partial charge in [-0.3, -0.25) is 0 Å². The van der Waals surface area contributed by atoms with Gasteiger partial charge in [-0.25, -0.2) is 0 Å². The first-order valence-corrected chi connectivity index (χ1v) is 6.45. The van der Waals surface area contributed by atoms with Crippen LogP contribution in [0.2, 0.25) is 0 Å². The molecule has 1 saturated carbocycles. The molecule has 1 aliphatic rings. The van der Waals surface area contributed by atoms with E-state index in [1.54, 1.807) is 5.56 Å². The molecule has 0 unspecified atom stereocenters. The van der Waals surface area contributed by atoms with E-state index < -0.39 is 0 Å². The van der Waals surface area contributed by atoms with Gasteiger partial charge in [0.25, 0.3) is 0 Å². The van der Waals surface area contributed by atoms with Gasteiger partial charge < -0.3 is 0 Å².